The molecule has 114 valence electrons. The van der Waals surface area contributed by atoms with Gasteiger partial charge < -0.3 is 14.6 Å². The van der Waals surface area contributed by atoms with E-state index in [-0.39, 0.29) is 0 Å². The van der Waals surface area contributed by atoms with E-state index in [0.717, 1.165) is 24.2 Å². The topological polar surface area (TPSA) is 55.8 Å². The molecule has 1 heterocycles. The lowest BCUT2D eigenvalue weighted by atomic mass is 9.76. The van der Waals surface area contributed by atoms with Crippen molar-refractivity contribution in [3.8, 4) is 11.5 Å². The maximum absolute atomic E-state index is 11.7. The molecule has 1 atom stereocenters. The Morgan fingerprint density at radius 3 is 2.62 bits per heavy atom. The maximum Gasteiger partial charge on any atom is 0.311 e. The number of hydrogen-bond acceptors (Lipinski definition) is 3. The number of hydrogen-bond donors (Lipinski definition) is 1. The molecule has 1 saturated carbocycles. The Balaban J connectivity index is 2.17. The van der Waals surface area contributed by atoms with E-state index in [9.17, 15) is 9.90 Å². The fourth-order valence-corrected chi connectivity index (χ4v) is 3.38. The Bertz CT molecular complexity index is 572. The largest absolute Gasteiger partial charge is 0.496 e. The van der Waals surface area contributed by atoms with Crippen LogP contribution in [0.15, 0.2) is 12.1 Å². The molecule has 1 aliphatic heterocycles. The number of benzene rings is 1. The highest BCUT2D eigenvalue weighted by Gasteiger charge is 2.42. The van der Waals surface area contributed by atoms with Crippen molar-refractivity contribution in [2.75, 3.05) is 7.11 Å². The van der Waals surface area contributed by atoms with Crippen molar-refractivity contribution in [1.29, 1.82) is 0 Å². The van der Waals surface area contributed by atoms with Crippen LogP contribution in [0.2, 0.25) is 0 Å². The molecule has 0 radical (unpaired) electrons. The van der Waals surface area contributed by atoms with Gasteiger partial charge in [-0.2, -0.15) is 0 Å². The molecule has 1 aromatic carbocycles. The van der Waals surface area contributed by atoms with Gasteiger partial charge in [-0.3, -0.25) is 4.79 Å². The molecule has 0 amide bonds. The zero-order valence-corrected chi connectivity index (χ0v) is 12.8. The van der Waals surface area contributed by atoms with E-state index in [0.29, 0.717) is 23.7 Å². The summed E-state index contributed by atoms with van der Waals surface area (Å²) in [5.74, 6) is 0.488. The van der Waals surface area contributed by atoms with E-state index in [1.807, 2.05) is 26.0 Å². The average Bonchev–Trinajstić information content (AvgIpc) is 2.35. The van der Waals surface area contributed by atoms with Gasteiger partial charge in [0.2, 0.25) is 0 Å². The fraction of sp³-hybridized carbons (Fsp3) is 0.588. The Hall–Kier alpha value is -1.71. The van der Waals surface area contributed by atoms with Crippen LogP contribution >= 0.6 is 0 Å². The van der Waals surface area contributed by atoms with Gasteiger partial charge in [-0.1, -0.05) is 12.5 Å². The van der Waals surface area contributed by atoms with Gasteiger partial charge in [0.25, 0.3) is 0 Å². The number of methoxy groups -OCH3 is 1. The quantitative estimate of drug-likeness (QED) is 0.922. The van der Waals surface area contributed by atoms with Crippen LogP contribution in [0.3, 0.4) is 0 Å². The first kappa shape index (κ1) is 14.2. The highest BCUT2D eigenvalue weighted by Crippen LogP contribution is 2.51. The molecule has 0 spiro atoms. The molecule has 3 rings (SSSR count). The van der Waals surface area contributed by atoms with E-state index in [1.54, 1.807) is 7.11 Å². The van der Waals surface area contributed by atoms with Crippen molar-refractivity contribution in [2.24, 2.45) is 0 Å². The van der Waals surface area contributed by atoms with Crippen LogP contribution in [0.25, 0.3) is 0 Å². The molecule has 0 saturated heterocycles. The molecule has 4 nitrogen and oxygen atoms in total. The van der Waals surface area contributed by atoms with Crippen LogP contribution in [0.5, 0.6) is 11.5 Å². The lowest BCUT2D eigenvalue weighted by Crippen LogP contribution is -2.38. The van der Waals surface area contributed by atoms with Gasteiger partial charge in [0, 0.05) is 6.42 Å². The van der Waals surface area contributed by atoms with Crippen molar-refractivity contribution in [2.45, 2.75) is 57.0 Å². The molecule has 1 aliphatic carbocycles. The number of rotatable bonds is 3. The van der Waals surface area contributed by atoms with Gasteiger partial charge in [-0.05, 0) is 44.2 Å². The summed E-state index contributed by atoms with van der Waals surface area (Å²) in [6.45, 7) is 3.91. The fourth-order valence-electron chi connectivity index (χ4n) is 3.38. The van der Waals surface area contributed by atoms with Crippen molar-refractivity contribution in [3.63, 3.8) is 0 Å². The van der Waals surface area contributed by atoms with E-state index >= 15 is 0 Å². The third-order valence-corrected chi connectivity index (χ3v) is 4.67. The average molecular weight is 290 g/mol. The maximum atomic E-state index is 11.7. The number of carboxylic acid groups (broad SMARTS) is 1. The zero-order chi connectivity index (χ0) is 15.2. The summed E-state index contributed by atoms with van der Waals surface area (Å²) in [5.41, 5.74) is 1.39. The Kier molecular flexibility index (Phi) is 3.34. The van der Waals surface area contributed by atoms with Gasteiger partial charge in [0.15, 0.2) is 0 Å². The number of ether oxygens (including phenoxy) is 2. The summed E-state index contributed by atoms with van der Waals surface area (Å²) in [4.78, 5) is 11.7. The number of carboxylic acids is 1. The van der Waals surface area contributed by atoms with Gasteiger partial charge in [-0.25, -0.2) is 0 Å². The van der Waals surface area contributed by atoms with Gasteiger partial charge >= 0.3 is 5.97 Å². The van der Waals surface area contributed by atoms with E-state index < -0.39 is 17.5 Å². The third kappa shape index (κ3) is 2.37. The molecule has 1 aromatic rings. The van der Waals surface area contributed by atoms with Crippen LogP contribution in [-0.4, -0.2) is 23.8 Å². The van der Waals surface area contributed by atoms with Gasteiger partial charge in [0.05, 0.1) is 18.6 Å². The van der Waals surface area contributed by atoms with E-state index in [4.69, 9.17) is 9.47 Å². The van der Waals surface area contributed by atoms with Crippen molar-refractivity contribution in [3.05, 3.63) is 23.3 Å². The van der Waals surface area contributed by atoms with Crippen molar-refractivity contribution < 1.29 is 19.4 Å². The summed E-state index contributed by atoms with van der Waals surface area (Å²) in [6, 6.07) is 3.94. The standard InChI is InChI=1S/C17H22O4/c1-17(2)9-12(16(18)19)14-13(20-3)8-7-11(15(14)21-17)10-5-4-6-10/h7-8,10,12H,4-6,9H2,1-3H3,(H,18,19). The molecule has 1 fully saturated rings. The second-order valence-electron chi connectivity index (χ2n) is 6.68. The number of carbonyl (C=O) groups is 1. The first-order valence-corrected chi connectivity index (χ1v) is 7.55. The third-order valence-electron chi connectivity index (χ3n) is 4.67. The molecule has 0 aromatic heterocycles. The SMILES string of the molecule is COc1ccc(C2CCC2)c2c1C(C(=O)O)CC(C)(C)O2. The molecule has 1 unspecified atom stereocenters. The molecule has 2 aliphatic rings. The van der Waals surface area contributed by atoms with E-state index in [1.165, 1.54) is 6.42 Å². The van der Waals surface area contributed by atoms with Crippen LogP contribution in [0.1, 0.15) is 62.5 Å². The minimum Gasteiger partial charge on any atom is -0.496 e. The predicted octanol–water partition coefficient (Wildman–Crippen LogP) is 3.69. The normalized spacial score (nSPS) is 23.7. The van der Waals surface area contributed by atoms with Crippen LogP contribution < -0.4 is 9.47 Å². The zero-order valence-electron chi connectivity index (χ0n) is 12.8. The minimum absolute atomic E-state index is 0.458. The van der Waals surface area contributed by atoms with Crippen LogP contribution in [0, 0.1) is 0 Å². The molecule has 1 N–H and O–H groups in total. The Morgan fingerprint density at radius 2 is 2.10 bits per heavy atom. The first-order chi connectivity index (χ1) is 9.93. The number of fused-ring (bicyclic) bond motifs is 1. The lowest BCUT2D eigenvalue weighted by molar-refractivity contribution is -0.140. The highest BCUT2D eigenvalue weighted by atomic mass is 16.5. The predicted molar refractivity (Wildman–Crippen MR) is 79.3 cm³/mol. The molecular formula is C17H22O4. The Morgan fingerprint density at radius 1 is 1.38 bits per heavy atom. The molecule has 4 heteroatoms. The second kappa shape index (κ2) is 4.93. The molecular weight excluding hydrogens is 268 g/mol. The van der Waals surface area contributed by atoms with E-state index in [2.05, 4.69) is 0 Å². The van der Waals surface area contributed by atoms with Gasteiger partial charge in [0.1, 0.15) is 17.1 Å². The summed E-state index contributed by atoms with van der Waals surface area (Å²) >= 11 is 0. The van der Waals surface area contributed by atoms with Crippen LogP contribution in [-0.2, 0) is 4.79 Å². The van der Waals surface area contributed by atoms with Gasteiger partial charge in [-0.15, -0.1) is 0 Å². The van der Waals surface area contributed by atoms with Crippen molar-refractivity contribution in [1.82, 2.24) is 0 Å². The first-order valence-electron chi connectivity index (χ1n) is 7.55. The number of aliphatic carboxylic acids is 1. The summed E-state index contributed by atoms with van der Waals surface area (Å²) in [6.07, 6.45) is 4.00. The minimum atomic E-state index is -0.809. The van der Waals surface area contributed by atoms with Crippen molar-refractivity contribution >= 4 is 5.97 Å². The van der Waals surface area contributed by atoms with Crippen LogP contribution in [0.4, 0.5) is 0 Å². The highest BCUT2D eigenvalue weighted by molar-refractivity contribution is 5.80. The second-order valence-corrected chi connectivity index (χ2v) is 6.68. The Labute approximate surface area is 125 Å². The lowest BCUT2D eigenvalue weighted by Gasteiger charge is -2.39. The summed E-state index contributed by atoms with van der Waals surface area (Å²) < 4.78 is 11.6. The smallest absolute Gasteiger partial charge is 0.311 e. The summed E-state index contributed by atoms with van der Waals surface area (Å²) in [7, 11) is 1.58. The summed E-state index contributed by atoms with van der Waals surface area (Å²) in [5, 5.41) is 9.63. The monoisotopic (exact) mass is 290 g/mol. The molecule has 0 bridgehead atoms. The molecule has 21 heavy (non-hydrogen) atoms.